The second-order valence-electron chi connectivity index (χ2n) is 7.15. The van der Waals surface area contributed by atoms with Gasteiger partial charge in [-0.3, -0.25) is 4.79 Å². The average Bonchev–Trinajstić information content (AvgIpc) is 2.72. The van der Waals surface area contributed by atoms with Crippen LogP contribution in [0.5, 0.6) is 5.75 Å². The van der Waals surface area contributed by atoms with Crippen LogP contribution in [-0.4, -0.2) is 35.1 Å². The van der Waals surface area contributed by atoms with Crippen molar-refractivity contribution in [1.29, 1.82) is 0 Å². The van der Waals surface area contributed by atoms with Crippen molar-refractivity contribution >= 4 is 28.2 Å². The van der Waals surface area contributed by atoms with Crippen molar-refractivity contribution in [1.82, 2.24) is 4.98 Å². The lowest BCUT2D eigenvalue weighted by atomic mass is 9.84. The number of halogens is 6. The minimum Gasteiger partial charge on any atom is -0.494 e. The zero-order valence-corrected chi connectivity index (χ0v) is 17.6. The van der Waals surface area contributed by atoms with E-state index >= 15 is 0 Å². The molecule has 1 aromatic heterocycles. The van der Waals surface area contributed by atoms with Crippen LogP contribution in [0.1, 0.15) is 11.6 Å². The third-order valence-corrected chi connectivity index (χ3v) is 5.50. The Hall–Kier alpha value is -2.93. The van der Waals surface area contributed by atoms with Gasteiger partial charge in [-0.05, 0) is 29.8 Å². The highest BCUT2D eigenvalue weighted by molar-refractivity contribution is 6.31. The van der Waals surface area contributed by atoms with Gasteiger partial charge >= 0.3 is 6.18 Å². The second kappa shape index (κ2) is 8.78. The number of nitrogens with two attached hydrogens (primary N) is 2. The number of H-pyrrole nitrogens is 1. The number of ether oxygens (including phenoxy) is 1. The van der Waals surface area contributed by atoms with Crippen LogP contribution in [0.2, 0.25) is 5.02 Å². The van der Waals surface area contributed by atoms with E-state index in [1.54, 1.807) is 0 Å². The molecule has 0 radical (unpaired) electrons. The number of aliphatic hydroxyl groups is 1. The molecule has 3 rings (SSSR count). The number of benzene rings is 2. The number of aromatic nitrogens is 1. The van der Waals surface area contributed by atoms with Gasteiger partial charge in [0.25, 0.3) is 0 Å². The van der Waals surface area contributed by atoms with E-state index in [0.29, 0.717) is 0 Å². The monoisotopic (exact) mass is 492 g/mol. The molecule has 0 unspecified atom stereocenters. The van der Waals surface area contributed by atoms with Crippen LogP contribution < -0.4 is 27.1 Å². The fourth-order valence-corrected chi connectivity index (χ4v) is 3.67. The maximum Gasteiger partial charge on any atom is 0.422 e. The van der Waals surface area contributed by atoms with E-state index in [9.17, 15) is 31.9 Å². The lowest BCUT2D eigenvalue weighted by Gasteiger charge is -2.41. The van der Waals surface area contributed by atoms with Gasteiger partial charge in [0.15, 0.2) is 11.6 Å². The molecular weight excluding hydrogens is 475 g/mol. The molecule has 2 aromatic carbocycles. The molecule has 0 aliphatic rings. The first-order valence-corrected chi connectivity index (χ1v) is 9.60. The van der Waals surface area contributed by atoms with Crippen molar-refractivity contribution in [2.75, 3.05) is 12.4 Å². The van der Waals surface area contributed by atoms with E-state index in [1.165, 1.54) is 6.07 Å². The van der Waals surface area contributed by atoms with Gasteiger partial charge in [0.2, 0.25) is 11.2 Å². The SMILES string of the molecule is COc1ccc([C@@H](Nc2cc(F)cc3[nH]c(=O)ccc23)[C@@](O)(C(N)N)C(F)(F)F)c(Cl)c1F. The minimum atomic E-state index is -5.45. The number of rotatable bonds is 6. The van der Waals surface area contributed by atoms with Crippen LogP contribution in [0.3, 0.4) is 0 Å². The first-order valence-electron chi connectivity index (χ1n) is 9.22. The summed E-state index contributed by atoms with van der Waals surface area (Å²) >= 11 is 5.99. The molecule has 2 atom stereocenters. The summed E-state index contributed by atoms with van der Waals surface area (Å²) in [7, 11) is 1.12. The number of aromatic amines is 1. The third kappa shape index (κ3) is 4.34. The Bertz CT molecular complexity index is 1250. The fraction of sp³-hybridized carbons (Fsp3) is 0.250. The van der Waals surface area contributed by atoms with Crippen molar-refractivity contribution in [3.8, 4) is 5.75 Å². The van der Waals surface area contributed by atoms with E-state index in [4.69, 9.17) is 27.8 Å². The molecule has 0 saturated carbocycles. The molecular formula is C20H18ClF5N4O3. The summed E-state index contributed by atoms with van der Waals surface area (Å²) in [5.74, 6) is -2.50. The van der Waals surface area contributed by atoms with E-state index in [0.717, 1.165) is 37.4 Å². The van der Waals surface area contributed by atoms with E-state index in [-0.39, 0.29) is 22.3 Å². The van der Waals surface area contributed by atoms with Gasteiger partial charge in [-0.15, -0.1) is 0 Å². The summed E-state index contributed by atoms with van der Waals surface area (Å²) in [6.07, 6.45) is -7.88. The van der Waals surface area contributed by atoms with E-state index < -0.39 is 51.8 Å². The Labute approximate surface area is 188 Å². The molecule has 7 nitrogen and oxygen atoms in total. The Morgan fingerprint density at radius 3 is 2.39 bits per heavy atom. The van der Waals surface area contributed by atoms with Gasteiger partial charge in [-0.25, -0.2) is 8.78 Å². The van der Waals surface area contributed by atoms with Crippen LogP contribution >= 0.6 is 11.6 Å². The predicted octanol–water partition coefficient (Wildman–Crippen LogP) is 3.16. The summed E-state index contributed by atoms with van der Waals surface area (Å²) in [4.78, 5) is 13.9. The van der Waals surface area contributed by atoms with Gasteiger partial charge in [-0.2, -0.15) is 13.2 Å². The minimum absolute atomic E-state index is 0.0525. The normalized spacial score (nSPS) is 14.9. The van der Waals surface area contributed by atoms with Gasteiger partial charge in [0.05, 0.1) is 29.9 Å². The predicted molar refractivity (Wildman–Crippen MR) is 112 cm³/mol. The van der Waals surface area contributed by atoms with Crippen LogP contribution in [-0.2, 0) is 0 Å². The molecule has 0 aliphatic carbocycles. The summed E-state index contributed by atoms with van der Waals surface area (Å²) in [5.41, 5.74) is 5.26. The molecule has 178 valence electrons. The van der Waals surface area contributed by atoms with Crippen molar-refractivity contribution in [2.45, 2.75) is 24.0 Å². The first-order chi connectivity index (χ1) is 15.3. The average molecular weight is 493 g/mol. The smallest absolute Gasteiger partial charge is 0.422 e. The molecule has 0 bridgehead atoms. The number of fused-ring (bicyclic) bond motifs is 1. The quantitative estimate of drug-likeness (QED) is 0.266. The maximum atomic E-state index is 14.6. The summed E-state index contributed by atoms with van der Waals surface area (Å²) in [6, 6.07) is 3.70. The molecule has 13 heteroatoms. The van der Waals surface area contributed by atoms with Gasteiger partial charge in [0, 0.05) is 17.1 Å². The van der Waals surface area contributed by atoms with Gasteiger partial charge < -0.3 is 31.6 Å². The zero-order valence-electron chi connectivity index (χ0n) is 16.8. The van der Waals surface area contributed by atoms with Crippen LogP contribution in [0.15, 0.2) is 41.2 Å². The lowest BCUT2D eigenvalue weighted by molar-refractivity contribution is -0.273. The molecule has 0 spiro atoms. The Morgan fingerprint density at radius 2 is 1.82 bits per heavy atom. The maximum absolute atomic E-state index is 14.6. The Kier molecular flexibility index (Phi) is 6.58. The van der Waals surface area contributed by atoms with Crippen LogP contribution in [0.25, 0.3) is 10.9 Å². The van der Waals surface area contributed by atoms with Crippen molar-refractivity contribution < 1.29 is 31.8 Å². The molecule has 0 saturated heterocycles. The summed E-state index contributed by atoms with van der Waals surface area (Å²) in [6.45, 7) is 0. The lowest BCUT2D eigenvalue weighted by Crippen LogP contribution is -2.66. The number of methoxy groups -OCH3 is 1. The van der Waals surface area contributed by atoms with Crippen LogP contribution in [0, 0.1) is 11.6 Å². The topological polar surface area (TPSA) is 126 Å². The van der Waals surface area contributed by atoms with Crippen LogP contribution in [0.4, 0.5) is 27.6 Å². The first kappa shape index (κ1) is 24.7. The Balaban J connectivity index is 2.31. The second-order valence-corrected chi connectivity index (χ2v) is 7.53. The number of anilines is 1. The van der Waals surface area contributed by atoms with Crippen molar-refractivity contribution in [3.63, 3.8) is 0 Å². The van der Waals surface area contributed by atoms with Gasteiger partial charge in [-0.1, -0.05) is 17.7 Å². The highest BCUT2D eigenvalue weighted by Crippen LogP contribution is 2.46. The molecule has 0 amide bonds. The van der Waals surface area contributed by atoms with Gasteiger partial charge in [0.1, 0.15) is 5.82 Å². The van der Waals surface area contributed by atoms with Crippen molar-refractivity contribution in [3.05, 3.63) is 69.0 Å². The highest BCUT2D eigenvalue weighted by Gasteiger charge is 2.62. The number of alkyl halides is 3. The molecule has 0 fully saturated rings. The van der Waals surface area contributed by atoms with E-state index in [1.807, 2.05) is 0 Å². The number of hydrogen-bond donors (Lipinski definition) is 5. The largest absolute Gasteiger partial charge is 0.494 e. The summed E-state index contributed by atoms with van der Waals surface area (Å²) < 4.78 is 75.8. The molecule has 0 aliphatic heterocycles. The number of pyridine rings is 1. The fourth-order valence-electron chi connectivity index (χ4n) is 3.41. The molecule has 3 aromatic rings. The number of hydrogen-bond acceptors (Lipinski definition) is 6. The highest BCUT2D eigenvalue weighted by atomic mass is 35.5. The summed E-state index contributed by atoms with van der Waals surface area (Å²) in [5, 5.41) is 12.3. The standard InChI is InChI=1S/C20H18ClF5N4O3/c1-33-13-4-2-10(15(21)16(13)23)17(19(32,18(27)28)20(24,25)26)30-12-7-8(22)6-11-9(12)3-5-14(31)29-11/h2-7,17-18,30,32H,27-28H2,1H3,(H,29,31)/t17-,19-/m1/s1. The van der Waals surface area contributed by atoms with Crippen molar-refractivity contribution in [2.24, 2.45) is 11.5 Å². The molecule has 7 N–H and O–H groups in total. The van der Waals surface area contributed by atoms with E-state index in [2.05, 4.69) is 10.3 Å². The number of nitrogens with one attached hydrogen (secondary N) is 2. The Morgan fingerprint density at radius 1 is 1.15 bits per heavy atom. The molecule has 1 heterocycles. The zero-order chi connectivity index (χ0) is 24.7. The molecule has 33 heavy (non-hydrogen) atoms. The third-order valence-electron chi connectivity index (χ3n) is 5.11.